The molecule has 0 saturated heterocycles. The zero-order valence-corrected chi connectivity index (χ0v) is 16.6. The zero-order valence-electron chi connectivity index (χ0n) is 16.6. The van der Waals surface area contributed by atoms with Gasteiger partial charge in [-0.15, -0.1) is 0 Å². The molecule has 0 saturated carbocycles. The Morgan fingerprint density at radius 2 is 1.84 bits per heavy atom. The monoisotopic (exact) mass is 443 g/mol. The van der Waals surface area contributed by atoms with Crippen LogP contribution in [-0.2, 0) is 4.79 Å². The summed E-state index contributed by atoms with van der Waals surface area (Å²) in [6.07, 6.45) is -0.221. The van der Waals surface area contributed by atoms with Crippen LogP contribution in [0.1, 0.15) is 15.9 Å². The summed E-state index contributed by atoms with van der Waals surface area (Å²) in [4.78, 5) is 30.4. The number of aliphatic carboxylic acids is 1. The normalized spacial score (nSPS) is 10.9. The summed E-state index contributed by atoms with van der Waals surface area (Å²) >= 11 is 0. The number of halogens is 3. The maximum absolute atomic E-state index is 12.9. The third kappa shape index (κ3) is 5.48. The van der Waals surface area contributed by atoms with Crippen LogP contribution in [0.5, 0.6) is 0 Å². The molecule has 0 radical (unpaired) electrons. The number of anilines is 1. The summed E-state index contributed by atoms with van der Waals surface area (Å²) < 4.78 is 37.2. The van der Waals surface area contributed by atoms with Crippen molar-refractivity contribution in [3.63, 3.8) is 0 Å². The number of carboxylic acid groups (broad SMARTS) is 1. The third-order valence-electron chi connectivity index (χ3n) is 4.14. The van der Waals surface area contributed by atoms with E-state index in [1.807, 2.05) is 31.2 Å². The highest BCUT2D eigenvalue weighted by Crippen LogP contribution is 2.26. The molecule has 2 N–H and O–H groups in total. The maximum atomic E-state index is 12.9. The van der Waals surface area contributed by atoms with Gasteiger partial charge in [-0.05, 0) is 49.4 Å². The fourth-order valence-corrected chi connectivity index (χ4v) is 2.71. The second-order valence-corrected chi connectivity index (χ2v) is 6.55. The van der Waals surface area contributed by atoms with E-state index in [0.717, 1.165) is 16.5 Å². The van der Waals surface area contributed by atoms with E-state index in [9.17, 15) is 18.0 Å². The lowest BCUT2D eigenvalue weighted by atomic mass is 10.0. The molecular formula is C22H16F3N3O4. The molecule has 0 aliphatic heterocycles. The fraction of sp³-hybridized carbons (Fsp3) is 0.0909. The van der Waals surface area contributed by atoms with E-state index in [1.165, 1.54) is 0 Å². The van der Waals surface area contributed by atoms with Crippen LogP contribution in [0.25, 0.3) is 22.4 Å². The highest BCUT2D eigenvalue weighted by molar-refractivity contribution is 6.13. The highest BCUT2D eigenvalue weighted by Gasteiger charge is 2.38. The predicted molar refractivity (Wildman–Crippen MR) is 110 cm³/mol. The summed E-state index contributed by atoms with van der Waals surface area (Å²) in [7, 11) is 0. The molecule has 0 spiro atoms. The molecule has 0 bridgehead atoms. The quantitative estimate of drug-likeness (QED) is 0.457. The number of carbonyl (C=O) groups is 2. The molecule has 164 valence electrons. The summed E-state index contributed by atoms with van der Waals surface area (Å²) in [5.41, 5.74) is 3.62. The van der Waals surface area contributed by atoms with Gasteiger partial charge >= 0.3 is 12.1 Å². The van der Waals surface area contributed by atoms with Gasteiger partial charge in [0.2, 0.25) is 0 Å². The molecule has 0 aliphatic rings. The first-order valence-corrected chi connectivity index (χ1v) is 9.12. The van der Waals surface area contributed by atoms with Gasteiger partial charge in [-0.3, -0.25) is 9.78 Å². The minimum atomic E-state index is -5.08. The molecule has 3 aromatic heterocycles. The van der Waals surface area contributed by atoms with Gasteiger partial charge in [0.25, 0.3) is 5.91 Å². The van der Waals surface area contributed by atoms with Crippen molar-refractivity contribution in [3.8, 4) is 11.5 Å². The number of aryl methyl sites for hydroxylation is 1. The molecular weight excluding hydrogens is 427 g/mol. The first-order valence-electron chi connectivity index (χ1n) is 9.12. The molecule has 7 nitrogen and oxygen atoms in total. The van der Waals surface area contributed by atoms with Crippen molar-refractivity contribution >= 4 is 28.5 Å². The topological polar surface area (TPSA) is 105 Å². The smallest absolute Gasteiger partial charge is 0.475 e. The number of nitrogens with zero attached hydrogens (tertiary/aromatic N) is 2. The Morgan fingerprint density at radius 1 is 1.09 bits per heavy atom. The SMILES string of the molecule is Cc1ccc2nc(-c3ccco3)cc(C(=O)Nc3cccnc3)c2c1.O=C(O)C(F)(F)F. The Balaban J connectivity index is 0.000000360. The predicted octanol–water partition coefficient (Wildman–Crippen LogP) is 5.08. The van der Waals surface area contributed by atoms with E-state index >= 15 is 0 Å². The largest absolute Gasteiger partial charge is 0.490 e. The Kier molecular flexibility index (Phi) is 6.53. The number of carboxylic acids is 1. The van der Waals surface area contributed by atoms with Crippen molar-refractivity contribution in [1.29, 1.82) is 0 Å². The standard InChI is InChI=1S/C20H15N3O2.C2HF3O2/c1-13-6-7-17-15(10-13)16(11-18(23-17)19-5-3-9-25-19)20(24)22-14-4-2-8-21-12-14;3-2(4,5)1(6)7/h2-12H,1H3,(H,22,24);(H,6,7). The number of furan rings is 1. The number of carbonyl (C=O) groups excluding carboxylic acids is 1. The molecule has 4 rings (SSSR count). The number of benzene rings is 1. The second-order valence-electron chi connectivity index (χ2n) is 6.55. The van der Waals surface area contributed by atoms with E-state index in [-0.39, 0.29) is 5.91 Å². The zero-order chi connectivity index (χ0) is 23.3. The average Bonchev–Trinajstić information content (AvgIpc) is 3.28. The van der Waals surface area contributed by atoms with Gasteiger partial charge in [0.1, 0.15) is 5.69 Å². The number of nitrogens with one attached hydrogen (secondary N) is 1. The minimum absolute atomic E-state index is 0.209. The van der Waals surface area contributed by atoms with Crippen LogP contribution in [-0.4, -0.2) is 33.1 Å². The highest BCUT2D eigenvalue weighted by atomic mass is 19.4. The van der Waals surface area contributed by atoms with Gasteiger partial charge in [0, 0.05) is 11.6 Å². The number of amides is 1. The minimum Gasteiger partial charge on any atom is -0.475 e. The van der Waals surface area contributed by atoms with E-state index in [2.05, 4.69) is 15.3 Å². The molecule has 1 amide bonds. The Labute approximate surface area is 179 Å². The molecule has 0 atom stereocenters. The Hall–Kier alpha value is -4.21. The Bertz CT molecular complexity index is 1240. The van der Waals surface area contributed by atoms with Crippen molar-refractivity contribution in [1.82, 2.24) is 9.97 Å². The number of hydrogen-bond donors (Lipinski definition) is 2. The van der Waals surface area contributed by atoms with Crippen LogP contribution in [0.2, 0.25) is 0 Å². The lowest BCUT2D eigenvalue weighted by molar-refractivity contribution is -0.192. The van der Waals surface area contributed by atoms with Crippen LogP contribution in [0.3, 0.4) is 0 Å². The summed E-state index contributed by atoms with van der Waals surface area (Å²) in [5.74, 6) is -2.34. The van der Waals surface area contributed by atoms with Crippen LogP contribution in [0, 0.1) is 6.92 Å². The number of aromatic nitrogens is 2. The van der Waals surface area contributed by atoms with Crippen LogP contribution in [0.4, 0.5) is 18.9 Å². The average molecular weight is 443 g/mol. The summed E-state index contributed by atoms with van der Waals surface area (Å²) in [5, 5.41) is 10.8. The molecule has 4 aromatic rings. The number of rotatable bonds is 3. The molecule has 0 unspecified atom stereocenters. The second kappa shape index (κ2) is 9.29. The van der Waals surface area contributed by atoms with E-state index in [1.54, 1.807) is 42.9 Å². The molecule has 0 fully saturated rings. The van der Waals surface area contributed by atoms with Gasteiger partial charge in [0.05, 0.1) is 29.2 Å². The van der Waals surface area contributed by atoms with Crippen LogP contribution >= 0.6 is 0 Å². The molecule has 10 heteroatoms. The number of alkyl halides is 3. The Morgan fingerprint density at radius 3 is 2.44 bits per heavy atom. The lowest BCUT2D eigenvalue weighted by Crippen LogP contribution is -2.21. The van der Waals surface area contributed by atoms with Crippen LogP contribution in [0.15, 0.2) is 71.6 Å². The van der Waals surface area contributed by atoms with Gasteiger partial charge in [-0.1, -0.05) is 11.6 Å². The van der Waals surface area contributed by atoms with E-state index in [0.29, 0.717) is 22.7 Å². The van der Waals surface area contributed by atoms with Crippen molar-refractivity contribution in [2.45, 2.75) is 13.1 Å². The number of fused-ring (bicyclic) bond motifs is 1. The van der Waals surface area contributed by atoms with Gasteiger partial charge in [-0.2, -0.15) is 13.2 Å². The van der Waals surface area contributed by atoms with Gasteiger partial charge in [0.15, 0.2) is 5.76 Å². The molecule has 1 aromatic carbocycles. The van der Waals surface area contributed by atoms with E-state index < -0.39 is 12.1 Å². The summed E-state index contributed by atoms with van der Waals surface area (Å²) in [6, 6.07) is 14.8. The van der Waals surface area contributed by atoms with Crippen LogP contribution < -0.4 is 5.32 Å². The lowest BCUT2D eigenvalue weighted by Gasteiger charge is -2.10. The maximum Gasteiger partial charge on any atom is 0.490 e. The number of hydrogen-bond acceptors (Lipinski definition) is 5. The molecule has 32 heavy (non-hydrogen) atoms. The molecule has 3 heterocycles. The first-order chi connectivity index (χ1) is 15.1. The van der Waals surface area contributed by atoms with Crippen molar-refractivity contribution in [2.24, 2.45) is 0 Å². The van der Waals surface area contributed by atoms with Crippen molar-refractivity contribution < 1.29 is 32.3 Å². The fourth-order valence-electron chi connectivity index (χ4n) is 2.71. The molecule has 0 aliphatic carbocycles. The third-order valence-corrected chi connectivity index (χ3v) is 4.14. The van der Waals surface area contributed by atoms with Crippen molar-refractivity contribution in [3.05, 3.63) is 78.3 Å². The van der Waals surface area contributed by atoms with Gasteiger partial charge in [-0.25, -0.2) is 9.78 Å². The number of pyridine rings is 2. The summed E-state index contributed by atoms with van der Waals surface area (Å²) in [6.45, 7) is 1.99. The van der Waals surface area contributed by atoms with E-state index in [4.69, 9.17) is 14.3 Å². The first kappa shape index (κ1) is 22.5. The van der Waals surface area contributed by atoms with Gasteiger partial charge < -0.3 is 14.8 Å². The van der Waals surface area contributed by atoms with Crippen molar-refractivity contribution in [2.75, 3.05) is 5.32 Å².